The summed E-state index contributed by atoms with van der Waals surface area (Å²) in [6.07, 6.45) is -25.1. The van der Waals surface area contributed by atoms with Gasteiger partial charge in [0, 0.05) is 50.7 Å². The van der Waals surface area contributed by atoms with Crippen LogP contribution >= 0.6 is 0 Å². The van der Waals surface area contributed by atoms with Crippen LogP contribution in [-0.4, -0.2) is 210 Å². The lowest BCUT2D eigenvalue weighted by molar-refractivity contribution is -0.377. The summed E-state index contributed by atoms with van der Waals surface area (Å²) >= 11 is 0. The van der Waals surface area contributed by atoms with Crippen LogP contribution in [0.15, 0.2) is 12.1 Å². The van der Waals surface area contributed by atoms with Crippen molar-refractivity contribution < 1.29 is 118 Å². The van der Waals surface area contributed by atoms with Crippen LogP contribution in [0.25, 0.3) is 10.8 Å². The van der Waals surface area contributed by atoms with E-state index < -0.39 is 164 Å². The van der Waals surface area contributed by atoms with Crippen LogP contribution in [0.4, 0.5) is 0 Å². The molecule has 1 aliphatic carbocycles. The predicted molar refractivity (Wildman–Crippen MR) is 240 cm³/mol. The number of phenolic OH excluding ortho intramolecular Hbond substituents is 2. The fraction of sp³-hybridized carbons (Fsp3) is 0.750. The van der Waals surface area contributed by atoms with Crippen LogP contribution in [0.3, 0.4) is 0 Å². The number of aliphatic carboxylic acids is 1. The molecule has 404 valence electrons. The molecule has 11 N–H and O–H groups in total. The molecule has 0 saturated carbocycles. The van der Waals surface area contributed by atoms with Crippen molar-refractivity contribution in [2.75, 3.05) is 7.11 Å². The normalized spacial score (nSPS) is 43.3. The van der Waals surface area contributed by atoms with E-state index in [9.17, 15) is 65.8 Å². The Kier molecular flexibility index (Phi) is 16.5. The van der Waals surface area contributed by atoms with Gasteiger partial charge in [0.1, 0.15) is 53.9 Å². The van der Waals surface area contributed by atoms with Gasteiger partial charge in [-0.1, -0.05) is 0 Å². The molecule has 5 heterocycles. The van der Waals surface area contributed by atoms with Crippen molar-refractivity contribution in [3.63, 3.8) is 0 Å². The van der Waals surface area contributed by atoms with Crippen molar-refractivity contribution in [1.82, 2.24) is 0 Å². The number of hydrogen-bond donors (Lipinski definition) is 11. The maximum absolute atomic E-state index is 14.7. The molecule has 24 heteroatoms. The Labute approximate surface area is 413 Å². The lowest BCUT2D eigenvalue weighted by atomic mass is 9.76. The zero-order valence-electron chi connectivity index (χ0n) is 40.8. The lowest BCUT2D eigenvalue weighted by Crippen LogP contribution is -2.59. The molecule has 2 aromatic carbocycles. The molecule has 0 radical (unpaired) electrons. The average molecular weight is 1030 g/mol. The van der Waals surface area contributed by atoms with Crippen molar-refractivity contribution in [1.29, 1.82) is 0 Å². The highest BCUT2D eigenvalue weighted by molar-refractivity contribution is 6.11. The number of carboxylic acids is 1. The minimum atomic E-state index is -2.15. The van der Waals surface area contributed by atoms with Gasteiger partial charge in [0.05, 0.1) is 65.9 Å². The average Bonchev–Trinajstić information content (AvgIpc) is 3.29. The smallest absolute Gasteiger partial charge is 0.333 e. The number of aliphatic hydroxyl groups is 8. The van der Waals surface area contributed by atoms with Crippen LogP contribution in [0.2, 0.25) is 0 Å². The van der Waals surface area contributed by atoms with Gasteiger partial charge in [-0.2, -0.15) is 0 Å². The first-order valence-electron chi connectivity index (χ1n) is 24.2. The minimum absolute atomic E-state index is 0.0267. The fourth-order valence-corrected chi connectivity index (χ4v) is 10.6. The zero-order chi connectivity index (χ0) is 52.4. The molecule has 0 bridgehead atoms. The molecule has 23 atom stereocenters. The third-order valence-electron chi connectivity index (χ3n) is 14.8. The van der Waals surface area contributed by atoms with E-state index in [1.807, 2.05) is 0 Å². The fourth-order valence-electron chi connectivity index (χ4n) is 10.6. The summed E-state index contributed by atoms with van der Waals surface area (Å²) in [7, 11) is 1.16. The quantitative estimate of drug-likeness (QED) is 0.120. The Morgan fingerprint density at radius 1 is 0.681 bits per heavy atom. The van der Waals surface area contributed by atoms with Crippen molar-refractivity contribution in [2.24, 2.45) is 5.92 Å². The van der Waals surface area contributed by atoms with Crippen molar-refractivity contribution in [3.8, 4) is 17.2 Å². The second-order valence-electron chi connectivity index (χ2n) is 20.0. The zero-order valence-corrected chi connectivity index (χ0v) is 40.8. The van der Waals surface area contributed by atoms with E-state index in [-0.39, 0.29) is 71.7 Å². The Hall–Kier alpha value is -3.48. The van der Waals surface area contributed by atoms with Crippen LogP contribution in [0.1, 0.15) is 88.2 Å². The summed E-state index contributed by atoms with van der Waals surface area (Å²) in [5.41, 5.74) is 0.0926. The number of ether oxygens (including phenoxy) is 11. The predicted octanol–water partition coefficient (Wildman–Crippen LogP) is -0.546. The molecule has 0 aromatic heterocycles. The van der Waals surface area contributed by atoms with Crippen LogP contribution in [0.5, 0.6) is 17.2 Å². The Bertz CT molecular complexity index is 2250. The molecule has 0 spiro atoms. The number of aromatic hydroxyl groups is 2. The number of benzene rings is 2. The maximum atomic E-state index is 14.7. The number of methoxy groups -OCH3 is 1. The number of carboxylic acid groups (broad SMARTS) is 1. The number of carbonyl (C=O) groups is 2. The number of rotatable bonds is 13. The minimum Gasteiger partial charge on any atom is -0.507 e. The van der Waals surface area contributed by atoms with E-state index in [0.29, 0.717) is 0 Å². The molecule has 0 amide bonds. The number of fused-ring (bicyclic) bond motifs is 2. The van der Waals surface area contributed by atoms with Gasteiger partial charge >= 0.3 is 5.97 Å². The van der Waals surface area contributed by atoms with Gasteiger partial charge in [-0.15, -0.1) is 0 Å². The van der Waals surface area contributed by atoms with Crippen LogP contribution < -0.4 is 4.74 Å². The van der Waals surface area contributed by atoms with Gasteiger partial charge in [0.2, 0.25) is 6.29 Å². The summed E-state index contributed by atoms with van der Waals surface area (Å²) in [6, 6.07) is 3.02. The molecule has 5 aliphatic heterocycles. The molecule has 5 fully saturated rings. The monoisotopic (exact) mass is 1030 g/mol. The van der Waals surface area contributed by atoms with E-state index in [0.717, 1.165) is 14.0 Å². The molecule has 2 aromatic rings. The first-order valence-corrected chi connectivity index (χ1v) is 24.2. The van der Waals surface area contributed by atoms with E-state index in [4.69, 9.17) is 52.1 Å². The van der Waals surface area contributed by atoms with E-state index >= 15 is 0 Å². The number of hydrogen-bond acceptors (Lipinski definition) is 23. The molecule has 6 aliphatic rings. The Morgan fingerprint density at radius 2 is 1.17 bits per heavy atom. The number of Topliss-reactive ketones (excluding diaryl/α,β-unsaturated/α-hetero) is 1. The number of aliphatic hydroxyl groups excluding tert-OH is 7. The van der Waals surface area contributed by atoms with Gasteiger partial charge < -0.3 is 108 Å². The van der Waals surface area contributed by atoms with E-state index in [1.165, 1.54) is 26.0 Å². The number of carbonyl (C=O) groups excluding carboxylic acids is 1. The summed E-state index contributed by atoms with van der Waals surface area (Å²) in [5, 5.41) is 119. The van der Waals surface area contributed by atoms with Gasteiger partial charge in [0.25, 0.3) is 0 Å². The summed E-state index contributed by atoms with van der Waals surface area (Å²) in [4.78, 5) is 27.4. The van der Waals surface area contributed by atoms with Gasteiger partial charge in [-0.3, -0.25) is 4.79 Å². The van der Waals surface area contributed by atoms with Crippen LogP contribution in [0, 0.1) is 12.8 Å². The largest absolute Gasteiger partial charge is 0.507 e. The van der Waals surface area contributed by atoms with Gasteiger partial charge in [0.15, 0.2) is 42.8 Å². The van der Waals surface area contributed by atoms with Crippen LogP contribution in [-0.2, 0) is 58.6 Å². The number of ketones is 1. The van der Waals surface area contributed by atoms with Gasteiger partial charge in [-0.05, 0) is 71.0 Å². The van der Waals surface area contributed by atoms with Crippen molar-refractivity contribution in [3.05, 3.63) is 28.8 Å². The second-order valence-corrected chi connectivity index (χ2v) is 20.0. The standard InChI is InChI=1S/C48H68O24/c1-16-26(67-31-13-27(39(53)18(3)64-31)68-30-11-24(49)38(52)17(2)63-30)10-22-8-21-9-23(45(62-7)47(59)60)44(43(57)36(21)42(56)35(22)37(16)51)71-33-15-28(40(54)20(5)66-33)69-32-14-29(41(55)19(4)65-32)70-34-12-25(50)46(58)48(6,61)72-34/h8,10,17-20,23-25,27-34,38-41,44-46,49-56,58,61H,9,11-15H2,1-7H3,(H,59,60). The van der Waals surface area contributed by atoms with Crippen molar-refractivity contribution in [2.45, 2.75) is 215 Å². The highest BCUT2D eigenvalue weighted by Crippen LogP contribution is 2.47. The maximum Gasteiger partial charge on any atom is 0.333 e. The first-order chi connectivity index (χ1) is 33.9. The second kappa shape index (κ2) is 21.6. The van der Waals surface area contributed by atoms with Crippen molar-refractivity contribution >= 4 is 22.5 Å². The molecule has 5 saturated heterocycles. The highest BCUT2D eigenvalue weighted by Gasteiger charge is 2.51. The number of phenols is 2. The van der Waals surface area contributed by atoms with E-state index in [1.54, 1.807) is 20.8 Å². The summed E-state index contributed by atoms with van der Waals surface area (Å²) in [5.74, 6) is -6.60. The summed E-state index contributed by atoms with van der Waals surface area (Å²) < 4.78 is 65.3. The molecule has 8 rings (SSSR count). The molecular formula is C48H68O24. The van der Waals surface area contributed by atoms with Gasteiger partial charge in [-0.25, -0.2) is 4.79 Å². The molecular weight excluding hydrogens is 961 g/mol. The first kappa shape index (κ1) is 54.8. The third kappa shape index (κ3) is 10.9. The highest BCUT2D eigenvalue weighted by atomic mass is 16.8. The Morgan fingerprint density at radius 3 is 1.69 bits per heavy atom. The third-order valence-corrected chi connectivity index (χ3v) is 14.8. The lowest BCUT2D eigenvalue weighted by Gasteiger charge is -2.45. The summed E-state index contributed by atoms with van der Waals surface area (Å²) in [6.45, 7) is 8.94. The molecule has 24 nitrogen and oxygen atoms in total. The van der Waals surface area contributed by atoms with E-state index in [2.05, 4.69) is 0 Å². The Balaban J connectivity index is 1.01. The molecule has 23 unspecified atom stereocenters. The SMILES string of the molecule is COC(C(=O)O)C1Cc2cc3cc(OC4CC(OC5CC(O)C(O)C(C)O5)C(O)C(C)O4)c(C)c(O)c3c(O)c2C(=O)C1OC1CC(OC2CC(OC3CC(O)C(O)C(C)(O)O3)C(O)C(C)O2)C(O)C(C)O1. The topological polar surface area (TPSA) is 358 Å². The molecule has 72 heavy (non-hydrogen) atoms.